The van der Waals surface area contributed by atoms with Gasteiger partial charge in [-0.3, -0.25) is 19.3 Å². The first kappa shape index (κ1) is 43.1. The van der Waals surface area contributed by atoms with E-state index in [4.69, 9.17) is 34.0 Å². The van der Waals surface area contributed by atoms with Crippen molar-refractivity contribution in [2.24, 2.45) is 0 Å². The summed E-state index contributed by atoms with van der Waals surface area (Å²) in [6.45, 7) is 3.43. The molecule has 3 N–H and O–H groups in total. The molecule has 0 aliphatic heterocycles. The first-order chi connectivity index (χ1) is 24.1. The Hall–Kier alpha value is -5.03. The number of aliphatic carboxylic acids is 2. The van der Waals surface area contributed by atoms with Gasteiger partial charge >= 0.3 is 24.3 Å². The van der Waals surface area contributed by atoms with Crippen LogP contribution in [-0.2, 0) is 24.3 Å². The number of methoxy groups -OCH3 is 3. The van der Waals surface area contributed by atoms with Crippen LogP contribution in [0, 0.1) is 6.92 Å². The average Bonchev–Trinajstić information content (AvgIpc) is 3.47. The Bertz CT molecular complexity index is 1900. The van der Waals surface area contributed by atoms with Crippen molar-refractivity contribution >= 4 is 43.8 Å². The number of carbonyl (C=O) groups is 2. The molecule has 0 amide bonds. The maximum Gasteiger partial charge on any atom is 0.490 e. The van der Waals surface area contributed by atoms with Gasteiger partial charge in [-0.2, -0.15) is 26.3 Å². The molecule has 3 heterocycles. The van der Waals surface area contributed by atoms with Crippen LogP contribution in [0.25, 0.3) is 17.1 Å². The lowest BCUT2D eigenvalue weighted by Crippen LogP contribution is -2.33. The summed E-state index contributed by atoms with van der Waals surface area (Å²) in [4.78, 5) is 26.4. The van der Waals surface area contributed by atoms with Crippen molar-refractivity contribution in [2.45, 2.75) is 37.6 Å². The van der Waals surface area contributed by atoms with Crippen LogP contribution in [0.1, 0.15) is 24.3 Å². The highest BCUT2D eigenvalue weighted by molar-refractivity contribution is 9.10. The molecule has 1 aromatic carbocycles. The van der Waals surface area contributed by atoms with Gasteiger partial charge in [-0.05, 0) is 65.7 Å². The number of benzene rings is 1. The molecule has 4 aromatic rings. The number of carboxylic acid groups (broad SMARTS) is 2. The number of nitrogens with one attached hydrogen (secondary N) is 1. The van der Waals surface area contributed by atoms with Crippen molar-refractivity contribution in [2.75, 3.05) is 26.1 Å². The van der Waals surface area contributed by atoms with Crippen molar-refractivity contribution in [3.05, 3.63) is 70.7 Å². The normalized spacial score (nSPS) is 12.6. The van der Waals surface area contributed by atoms with E-state index in [0.29, 0.717) is 34.3 Å². The van der Waals surface area contributed by atoms with E-state index in [2.05, 4.69) is 40.8 Å². The number of pyridine rings is 2. The monoisotopic (exact) mass is 830 g/mol. The van der Waals surface area contributed by atoms with Crippen LogP contribution >= 0.6 is 15.9 Å². The molecule has 0 fully saturated rings. The molecule has 2 atom stereocenters. The Labute approximate surface area is 299 Å². The topological polar surface area (TPSA) is 205 Å². The number of nitrogens with zero attached hydrogens (tertiary/aromatic N) is 5. The summed E-state index contributed by atoms with van der Waals surface area (Å²) in [5.41, 5.74) is 2.40. The SMILES string of the molecule is COc1cccc(OC)c1-n1c(NS(=O)(=O)[C@H](C)[C@@H](OC)c2ccc(Br)cn2)nnc1-c1cncc(C)c1.O=C(O)C(F)(F)F.O=C(O)C(F)(F)F. The molecule has 3 aromatic heterocycles. The van der Waals surface area contributed by atoms with Crippen LogP contribution in [0.3, 0.4) is 0 Å². The standard InChI is InChI=1S/C25H27BrN6O5S.2C2HF3O2/c1-15-11-17(13-27-12-15)24-29-30-25(32(24)22-20(35-3)7-6-8-21(22)36-4)31-38(33,34)16(2)23(37-5)19-10-9-18(26)14-28-19;2*3-2(4,5)1(6)7/h6-14,16,23H,1-5H3,(H,30,31);2*(H,6,7)/t16-,23-;;/m1../s1. The minimum Gasteiger partial charge on any atom is -0.494 e. The van der Waals surface area contributed by atoms with E-state index in [1.54, 1.807) is 48.9 Å². The fourth-order valence-corrected chi connectivity index (χ4v) is 5.35. The van der Waals surface area contributed by atoms with Crippen molar-refractivity contribution in [1.82, 2.24) is 24.7 Å². The zero-order chi connectivity index (χ0) is 39.6. The van der Waals surface area contributed by atoms with Crippen LogP contribution in [0.5, 0.6) is 11.5 Å². The molecule has 0 bridgehead atoms. The number of ether oxygens (including phenoxy) is 3. The molecule has 0 aliphatic carbocycles. The summed E-state index contributed by atoms with van der Waals surface area (Å²) in [5, 5.41) is 21.7. The third kappa shape index (κ3) is 11.5. The van der Waals surface area contributed by atoms with Gasteiger partial charge in [0.2, 0.25) is 16.0 Å². The predicted octanol–water partition coefficient (Wildman–Crippen LogP) is 5.60. The molecule has 0 saturated heterocycles. The molecule has 23 heteroatoms. The summed E-state index contributed by atoms with van der Waals surface area (Å²) < 4.78 is 112. The maximum atomic E-state index is 13.6. The Morgan fingerprint density at radius 1 is 0.904 bits per heavy atom. The molecule has 0 aliphatic rings. The molecule has 0 spiro atoms. The van der Waals surface area contributed by atoms with Crippen LogP contribution in [0.2, 0.25) is 0 Å². The van der Waals surface area contributed by atoms with Crippen LogP contribution in [-0.4, -0.2) is 94.2 Å². The van der Waals surface area contributed by atoms with E-state index >= 15 is 0 Å². The Morgan fingerprint density at radius 2 is 1.44 bits per heavy atom. The summed E-state index contributed by atoms with van der Waals surface area (Å²) in [5.74, 6) is -4.39. The van der Waals surface area contributed by atoms with E-state index in [0.717, 1.165) is 10.0 Å². The second kappa shape index (κ2) is 17.9. The van der Waals surface area contributed by atoms with E-state index in [9.17, 15) is 34.8 Å². The third-order valence-corrected chi connectivity index (χ3v) is 8.51. The van der Waals surface area contributed by atoms with Gasteiger partial charge in [-0.25, -0.2) is 18.0 Å². The van der Waals surface area contributed by atoms with E-state index in [1.165, 1.54) is 32.8 Å². The minimum absolute atomic E-state index is 0.0604. The van der Waals surface area contributed by atoms with Crippen molar-refractivity contribution in [3.8, 4) is 28.6 Å². The van der Waals surface area contributed by atoms with Gasteiger partial charge in [0.1, 0.15) is 28.5 Å². The number of sulfonamides is 1. The number of halogens is 7. The van der Waals surface area contributed by atoms with Crippen LogP contribution in [0.15, 0.2) is 59.5 Å². The summed E-state index contributed by atoms with van der Waals surface area (Å²) >= 11 is 3.34. The van der Waals surface area contributed by atoms with Gasteiger partial charge in [0.05, 0.1) is 19.9 Å². The maximum absolute atomic E-state index is 13.6. The second-order valence-electron chi connectivity index (χ2n) is 9.96. The fraction of sp³-hybridized carbons (Fsp3) is 0.310. The Balaban J connectivity index is 0.000000564. The molecule has 0 radical (unpaired) electrons. The highest BCUT2D eigenvalue weighted by atomic mass is 79.9. The highest BCUT2D eigenvalue weighted by Gasteiger charge is 2.39. The van der Waals surface area contributed by atoms with Gasteiger partial charge in [0.25, 0.3) is 0 Å². The lowest BCUT2D eigenvalue weighted by atomic mass is 10.2. The van der Waals surface area contributed by atoms with E-state index in [1.807, 2.05) is 13.0 Å². The first-order valence-electron chi connectivity index (χ1n) is 13.9. The summed E-state index contributed by atoms with van der Waals surface area (Å²) in [6, 6.07) is 10.6. The number of anilines is 1. The lowest BCUT2D eigenvalue weighted by molar-refractivity contribution is -0.193. The molecular formula is C29H29BrF6N6O9S. The number of alkyl halides is 6. The highest BCUT2D eigenvalue weighted by Crippen LogP contribution is 2.38. The Morgan fingerprint density at radius 3 is 1.87 bits per heavy atom. The number of aromatic nitrogens is 5. The second-order valence-corrected chi connectivity index (χ2v) is 12.9. The number of rotatable bonds is 10. The number of carboxylic acids is 2. The van der Waals surface area contributed by atoms with Crippen molar-refractivity contribution < 1.29 is 68.8 Å². The summed E-state index contributed by atoms with van der Waals surface area (Å²) in [7, 11) is 0.381. The van der Waals surface area contributed by atoms with Gasteiger partial charge < -0.3 is 24.4 Å². The molecular weight excluding hydrogens is 802 g/mol. The molecule has 0 saturated carbocycles. The van der Waals surface area contributed by atoms with Gasteiger partial charge in [-0.15, -0.1) is 10.2 Å². The number of para-hydroxylation sites is 1. The average molecular weight is 832 g/mol. The molecule has 15 nitrogen and oxygen atoms in total. The number of aryl methyl sites for hydroxylation is 1. The smallest absolute Gasteiger partial charge is 0.490 e. The fourth-order valence-electron chi connectivity index (χ4n) is 3.97. The van der Waals surface area contributed by atoms with Gasteiger partial charge in [0, 0.05) is 35.7 Å². The predicted molar refractivity (Wildman–Crippen MR) is 174 cm³/mol. The van der Waals surface area contributed by atoms with Crippen LogP contribution < -0.4 is 14.2 Å². The summed E-state index contributed by atoms with van der Waals surface area (Å²) in [6.07, 6.45) is -6.10. The van der Waals surface area contributed by atoms with Gasteiger partial charge in [-0.1, -0.05) is 6.07 Å². The first-order valence-corrected chi connectivity index (χ1v) is 16.3. The zero-order valence-electron chi connectivity index (χ0n) is 27.4. The van der Waals surface area contributed by atoms with E-state index in [-0.39, 0.29) is 5.95 Å². The van der Waals surface area contributed by atoms with E-state index < -0.39 is 45.7 Å². The lowest BCUT2D eigenvalue weighted by Gasteiger charge is -2.23. The largest absolute Gasteiger partial charge is 0.494 e. The Kier molecular flexibility index (Phi) is 14.9. The van der Waals surface area contributed by atoms with Crippen LogP contribution in [0.4, 0.5) is 32.3 Å². The third-order valence-electron chi connectivity index (χ3n) is 6.35. The molecule has 284 valence electrons. The van der Waals surface area contributed by atoms with Crippen molar-refractivity contribution in [1.29, 1.82) is 0 Å². The zero-order valence-corrected chi connectivity index (χ0v) is 29.8. The quantitative estimate of drug-likeness (QED) is 0.167. The molecule has 0 unspecified atom stereocenters. The molecule has 52 heavy (non-hydrogen) atoms. The minimum atomic E-state index is -5.08. The number of hydrogen-bond acceptors (Lipinski definition) is 11. The van der Waals surface area contributed by atoms with Crippen molar-refractivity contribution in [3.63, 3.8) is 0 Å². The van der Waals surface area contributed by atoms with Gasteiger partial charge in [0.15, 0.2) is 5.82 Å². The molecule has 4 rings (SSSR count). The number of hydrogen-bond donors (Lipinski definition) is 3.